The maximum Gasteiger partial charge on any atom is 0.358 e. The Morgan fingerprint density at radius 3 is 2.82 bits per heavy atom. The largest absolute Gasteiger partial charge is 0.476 e. The van der Waals surface area contributed by atoms with Crippen molar-refractivity contribution >= 4 is 17.7 Å². The van der Waals surface area contributed by atoms with Crippen LogP contribution in [0.15, 0.2) is 6.20 Å². The van der Waals surface area contributed by atoms with Gasteiger partial charge in [-0.1, -0.05) is 5.21 Å². The SMILES string of the molecule is CN(C)c1nc2c(c(N3CCC[C@@H](Cn4cc(C(=O)O)nn4)C3)n1)CCCC2. The topological polar surface area (TPSA) is 100 Å². The van der Waals surface area contributed by atoms with Gasteiger partial charge in [0.1, 0.15) is 5.82 Å². The Balaban J connectivity index is 1.55. The van der Waals surface area contributed by atoms with Crippen LogP contribution in [0, 0.1) is 5.92 Å². The number of aromatic carboxylic acids is 1. The molecule has 3 heterocycles. The molecule has 0 unspecified atom stereocenters. The zero-order valence-corrected chi connectivity index (χ0v) is 16.5. The summed E-state index contributed by atoms with van der Waals surface area (Å²) in [7, 11) is 3.97. The van der Waals surface area contributed by atoms with Gasteiger partial charge in [-0.3, -0.25) is 4.68 Å². The number of anilines is 2. The molecule has 0 bridgehead atoms. The quantitative estimate of drug-likeness (QED) is 0.829. The third-order valence-electron chi connectivity index (χ3n) is 5.57. The van der Waals surface area contributed by atoms with Gasteiger partial charge in [0.2, 0.25) is 5.95 Å². The van der Waals surface area contributed by atoms with E-state index < -0.39 is 5.97 Å². The molecule has 9 nitrogen and oxygen atoms in total. The number of aryl methyl sites for hydroxylation is 1. The highest BCUT2D eigenvalue weighted by Gasteiger charge is 2.27. The lowest BCUT2D eigenvalue weighted by molar-refractivity contribution is 0.0690. The van der Waals surface area contributed by atoms with Crippen molar-refractivity contribution in [2.75, 3.05) is 37.0 Å². The molecule has 1 atom stereocenters. The number of hydrogen-bond donors (Lipinski definition) is 1. The lowest BCUT2D eigenvalue weighted by Gasteiger charge is -2.36. The normalized spacial score (nSPS) is 19.4. The second kappa shape index (κ2) is 7.73. The number of rotatable bonds is 5. The standard InChI is InChI=1S/C19H27N7O2/c1-24(2)19-20-15-8-4-3-7-14(15)17(21-19)25-9-5-6-13(10-25)11-26-12-16(18(27)28)22-23-26/h12-13H,3-11H2,1-2H3,(H,27,28)/t13-/m1/s1. The fourth-order valence-corrected chi connectivity index (χ4v) is 4.18. The molecule has 2 aromatic heterocycles. The fraction of sp³-hybridized carbons (Fsp3) is 0.632. The first-order chi connectivity index (χ1) is 13.5. The molecule has 0 saturated carbocycles. The molecule has 4 rings (SSSR count). The third-order valence-corrected chi connectivity index (χ3v) is 5.57. The average Bonchev–Trinajstić information content (AvgIpc) is 3.16. The van der Waals surface area contributed by atoms with Crippen LogP contribution in [0.25, 0.3) is 0 Å². The van der Waals surface area contributed by atoms with E-state index in [-0.39, 0.29) is 5.69 Å². The summed E-state index contributed by atoms with van der Waals surface area (Å²) in [5.41, 5.74) is 2.50. The second-order valence-corrected chi connectivity index (χ2v) is 7.96. The fourth-order valence-electron chi connectivity index (χ4n) is 4.18. The first-order valence-electron chi connectivity index (χ1n) is 9.96. The van der Waals surface area contributed by atoms with E-state index in [1.165, 1.54) is 30.3 Å². The van der Waals surface area contributed by atoms with Crippen molar-refractivity contribution in [1.29, 1.82) is 0 Å². The Morgan fingerprint density at radius 1 is 1.25 bits per heavy atom. The Kier molecular flexibility index (Phi) is 5.15. The van der Waals surface area contributed by atoms with Gasteiger partial charge in [-0.05, 0) is 44.4 Å². The Morgan fingerprint density at radius 2 is 2.07 bits per heavy atom. The number of piperidine rings is 1. The summed E-state index contributed by atoms with van der Waals surface area (Å²) in [6.45, 7) is 2.55. The van der Waals surface area contributed by atoms with Crippen molar-refractivity contribution in [3.8, 4) is 0 Å². The van der Waals surface area contributed by atoms with Crippen molar-refractivity contribution in [1.82, 2.24) is 25.0 Å². The third kappa shape index (κ3) is 3.79. The summed E-state index contributed by atoms with van der Waals surface area (Å²) in [6, 6.07) is 0. The van der Waals surface area contributed by atoms with Crippen molar-refractivity contribution in [3.63, 3.8) is 0 Å². The number of nitrogens with zero attached hydrogens (tertiary/aromatic N) is 7. The van der Waals surface area contributed by atoms with E-state index in [2.05, 4.69) is 15.2 Å². The molecule has 1 aliphatic carbocycles. The van der Waals surface area contributed by atoms with E-state index in [0.29, 0.717) is 12.5 Å². The number of aromatic nitrogens is 5. The minimum Gasteiger partial charge on any atom is -0.476 e. The summed E-state index contributed by atoms with van der Waals surface area (Å²) in [5, 5.41) is 16.7. The molecule has 2 aliphatic rings. The highest BCUT2D eigenvalue weighted by Crippen LogP contribution is 2.32. The summed E-state index contributed by atoms with van der Waals surface area (Å²) in [5.74, 6) is 1.21. The Bertz CT molecular complexity index is 864. The molecule has 0 amide bonds. The van der Waals surface area contributed by atoms with Gasteiger partial charge in [-0.2, -0.15) is 4.98 Å². The monoisotopic (exact) mass is 385 g/mol. The van der Waals surface area contributed by atoms with Crippen LogP contribution in [0.5, 0.6) is 0 Å². The van der Waals surface area contributed by atoms with Crippen LogP contribution in [0.1, 0.15) is 47.4 Å². The zero-order chi connectivity index (χ0) is 19.7. The van der Waals surface area contributed by atoms with Crippen molar-refractivity contribution in [2.24, 2.45) is 5.92 Å². The van der Waals surface area contributed by atoms with E-state index >= 15 is 0 Å². The molecule has 0 spiro atoms. The van der Waals surface area contributed by atoms with Gasteiger partial charge >= 0.3 is 5.97 Å². The minimum atomic E-state index is -1.04. The molecule has 1 saturated heterocycles. The summed E-state index contributed by atoms with van der Waals surface area (Å²) < 4.78 is 1.65. The highest BCUT2D eigenvalue weighted by atomic mass is 16.4. The van der Waals surface area contributed by atoms with Crippen molar-refractivity contribution in [2.45, 2.75) is 45.1 Å². The predicted octanol–water partition coefficient (Wildman–Crippen LogP) is 1.63. The van der Waals surface area contributed by atoms with Gasteiger partial charge in [-0.25, -0.2) is 9.78 Å². The number of carbonyl (C=O) groups is 1. The van der Waals surface area contributed by atoms with Crippen LogP contribution in [0.3, 0.4) is 0 Å². The highest BCUT2D eigenvalue weighted by molar-refractivity contribution is 5.84. The van der Waals surface area contributed by atoms with Crippen LogP contribution in [-0.4, -0.2) is 63.2 Å². The van der Waals surface area contributed by atoms with Crippen LogP contribution in [0.4, 0.5) is 11.8 Å². The Hall–Kier alpha value is -2.71. The predicted molar refractivity (Wildman–Crippen MR) is 105 cm³/mol. The molecule has 2 aromatic rings. The molecule has 28 heavy (non-hydrogen) atoms. The number of hydrogen-bond acceptors (Lipinski definition) is 7. The van der Waals surface area contributed by atoms with Crippen LogP contribution < -0.4 is 9.80 Å². The minimum absolute atomic E-state index is 0.00633. The van der Waals surface area contributed by atoms with Crippen LogP contribution >= 0.6 is 0 Å². The van der Waals surface area contributed by atoms with Gasteiger partial charge in [0.25, 0.3) is 0 Å². The van der Waals surface area contributed by atoms with E-state index in [1.807, 2.05) is 19.0 Å². The first-order valence-corrected chi connectivity index (χ1v) is 9.96. The molecule has 150 valence electrons. The average molecular weight is 385 g/mol. The molecule has 0 radical (unpaired) electrons. The van der Waals surface area contributed by atoms with E-state index in [1.54, 1.807) is 4.68 Å². The number of fused-ring (bicyclic) bond motifs is 1. The number of carboxylic acids is 1. The summed E-state index contributed by atoms with van der Waals surface area (Å²) >= 11 is 0. The van der Waals surface area contributed by atoms with Gasteiger partial charge < -0.3 is 14.9 Å². The molecule has 1 N–H and O–H groups in total. The molecule has 1 aliphatic heterocycles. The smallest absolute Gasteiger partial charge is 0.358 e. The molecule has 1 fully saturated rings. The summed E-state index contributed by atoms with van der Waals surface area (Å²) in [6.07, 6.45) is 8.15. The zero-order valence-electron chi connectivity index (χ0n) is 16.5. The lowest BCUT2D eigenvalue weighted by Crippen LogP contribution is -2.39. The van der Waals surface area contributed by atoms with E-state index in [4.69, 9.17) is 15.1 Å². The van der Waals surface area contributed by atoms with Gasteiger partial charge in [0.15, 0.2) is 5.69 Å². The van der Waals surface area contributed by atoms with E-state index in [9.17, 15) is 4.79 Å². The molecule has 0 aromatic carbocycles. The molecular formula is C19H27N7O2. The molecule has 9 heteroatoms. The maximum absolute atomic E-state index is 11.0. The van der Waals surface area contributed by atoms with Gasteiger partial charge in [0, 0.05) is 39.3 Å². The van der Waals surface area contributed by atoms with Crippen LogP contribution in [-0.2, 0) is 19.4 Å². The van der Waals surface area contributed by atoms with Crippen LogP contribution in [0.2, 0.25) is 0 Å². The lowest BCUT2D eigenvalue weighted by atomic mass is 9.94. The Labute approximate surface area is 164 Å². The number of carboxylic acid groups (broad SMARTS) is 1. The maximum atomic E-state index is 11.0. The second-order valence-electron chi connectivity index (χ2n) is 7.96. The summed E-state index contributed by atoms with van der Waals surface area (Å²) in [4.78, 5) is 25.1. The van der Waals surface area contributed by atoms with Gasteiger partial charge in [-0.15, -0.1) is 5.10 Å². The van der Waals surface area contributed by atoms with Gasteiger partial charge in [0.05, 0.1) is 11.9 Å². The van der Waals surface area contributed by atoms with Crippen molar-refractivity contribution in [3.05, 3.63) is 23.1 Å². The first kappa shape index (κ1) is 18.6. The van der Waals surface area contributed by atoms with Crippen molar-refractivity contribution < 1.29 is 9.90 Å². The molecular weight excluding hydrogens is 358 g/mol. The van der Waals surface area contributed by atoms with E-state index in [0.717, 1.165) is 50.5 Å².